The predicted molar refractivity (Wildman–Crippen MR) is 60.9 cm³/mol. The summed E-state index contributed by atoms with van der Waals surface area (Å²) in [5.74, 6) is -0.526. The third kappa shape index (κ3) is 3.98. The maximum absolute atomic E-state index is 11.7. The normalized spacial score (nSPS) is 20.1. The zero-order chi connectivity index (χ0) is 12.8. The van der Waals surface area contributed by atoms with Gasteiger partial charge in [-0.3, -0.25) is 14.4 Å². The van der Waals surface area contributed by atoms with Crippen LogP contribution < -0.4 is 5.48 Å². The van der Waals surface area contributed by atoms with E-state index in [1.54, 1.807) is 12.0 Å². The van der Waals surface area contributed by atoms with Crippen molar-refractivity contribution in [3.8, 4) is 0 Å². The lowest BCUT2D eigenvalue weighted by molar-refractivity contribution is -0.138. The average molecular weight is 244 g/mol. The summed E-state index contributed by atoms with van der Waals surface area (Å²) in [5, 5.41) is 0. The second-order valence-electron chi connectivity index (χ2n) is 4.35. The van der Waals surface area contributed by atoms with Gasteiger partial charge in [0.05, 0.1) is 19.1 Å². The summed E-state index contributed by atoms with van der Waals surface area (Å²) >= 11 is 0. The standard InChI is InChI=1S/C11H20N2O4/c1-8(2)13-7-9(6-10(13)14)11(15)12-17-5-4-16-3/h8-9H,4-7H2,1-3H3,(H,12,15). The number of carbonyl (C=O) groups excluding carboxylic acids is 2. The second-order valence-corrected chi connectivity index (χ2v) is 4.35. The van der Waals surface area contributed by atoms with Crippen molar-refractivity contribution in [2.24, 2.45) is 5.92 Å². The van der Waals surface area contributed by atoms with E-state index in [4.69, 9.17) is 9.57 Å². The van der Waals surface area contributed by atoms with E-state index >= 15 is 0 Å². The van der Waals surface area contributed by atoms with Crippen molar-refractivity contribution in [3.63, 3.8) is 0 Å². The Hall–Kier alpha value is -1.14. The van der Waals surface area contributed by atoms with Crippen LogP contribution in [0.15, 0.2) is 0 Å². The van der Waals surface area contributed by atoms with E-state index in [0.717, 1.165) is 0 Å². The topological polar surface area (TPSA) is 67.9 Å². The van der Waals surface area contributed by atoms with E-state index in [1.165, 1.54) is 0 Å². The SMILES string of the molecule is COCCONC(=O)C1CC(=O)N(C(C)C)C1. The van der Waals surface area contributed by atoms with Crippen molar-refractivity contribution in [3.05, 3.63) is 0 Å². The third-order valence-electron chi connectivity index (χ3n) is 2.71. The van der Waals surface area contributed by atoms with E-state index in [2.05, 4.69) is 5.48 Å². The minimum absolute atomic E-state index is 0.0250. The molecule has 6 nitrogen and oxygen atoms in total. The predicted octanol–water partition coefficient (Wildman–Crippen LogP) is -0.0625. The Morgan fingerprint density at radius 1 is 1.53 bits per heavy atom. The van der Waals surface area contributed by atoms with Crippen LogP contribution in [-0.2, 0) is 19.2 Å². The number of likely N-dealkylation sites (tertiary alicyclic amines) is 1. The molecule has 0 spiro atoms. The van der Waals surface area contributed by atoms with Crippen molar-refractivity contribution in [1.29, 1.82) is 0 Å². The monoisotopic (exact) mass is 244 g/mol. The first-order valence-electron chi connectivity index (χ1n) is 5.76. The lowest BCUT2D eigenvalue weighted by Crippen LogP contribution is -2.35. The minimum atomic E-state index is -0.313. The van der Waals surface area contributed by atoms with Crippen LogP contribution in [0, 0.1) is 5.92 Å². The quantitative estimate of drug-likeness (QED) is 0.525. The van der Waals surface area contributed by atoms with Gasteiger partial charge in [0.15, 0.2) is 0 Å². The Bertz CT molecular complexity index is 281. The molecule has 1 aliphatic rings. The molecule has 0 saturated carbocycles. The average Bonchev–Trinajstić information content (AvgIpc) is 2.66. The molecule has 1 aliphatic heterocycles. The van der Waals surface area contributed by atoms with Crippen LogP contribution in [0.5, 0.6) is 0 Å². The van der Waals surface area contributed by atoms with Crippen LogP contribution in [0.4, 0.5) is 0 Å². The first-order chi connectivity index (χ1) is 8.06. The Morgan fingerprint density at radius 3 is 2.76 bits per heavy atom. The van der Waals surface area contributed by atoms with Gasteiger partial charge in [0.2, 0.25) is 11.8 Å². The van der Waals surface area contributed by atoms with E-state index in [1.807, 2.05) is 13.8 Å². The fraction of sp³-hybridized carbons (Fsp3) is 0.818. The molecule has 0 radical (unpaired) electrons. The van der Waals surface area contributed by atoms with Gasteiger partial charge in [-0.05, 0) is 13.8 Å². The van der Waals surface area contributed by atoms with E-state index in [0.29, 0.717) is 19.8 Å². The number of nitrogens with zero attached hydrogens (tertiary/aromatic N) is 1. The molecular weight excluding hydrogens is 224 g/mol. The molecule has 0 aromatic rings. The molecule has 1 heterocycles. The highest BCUT2D eigenvalue weighted by atomic mass is 16.7. The molecule has 1 rings (SSSR count). The molecule has 1 saturated heterocycles. The molecule has 1 fully saturated rings. The Balaban J connectivity index is 2.32. The molecule has 0 bridgehead atoms. The number of amides is 2. The van der Waals surface area contributed by atoms with Gasteiger partial charge in [0, 0.05) is 26.1 Å². The summed E-state index contributed by atoms with van der Waals surface area (Å²) < 4.78 is 4.78. The van der Waals surface area contributed by atoms with E-state index in [-0.39, 0.29) is 30.2 Å². The fourth-order valence-electron chi connectivity index (χ4n) is 1.74. The molecular formula is C11H20N2O4. The van der Waals surface area contributed by atoms with Crippen molar-refractivity contribution in [1.82, 2.24) is 10.4 Å². The molecule has 1 atom stereocenters. The first-order valence-corrected chi connectivity index (χ1v) is 5.76. The zero-order valence-electron chi connectivity index (χ0n) is 10.6. The Labute approximate surface area is 101 Å². The summed E-state index contributed by atoms with van der Waals surface area (Å²) in [6, 6.07) is 0.134. The first kappa shape index (κ1) is 13.9. The van der Waals surface area contributed by atoms with Crippen LogP contribution in [0.3, 0.4) is 0 Å². The maximum atomic E-state index is 11.7. The highest BCUT2D eigenvalue weighted by Gasteiger charge is 2.35. The molecule has 1 N–H and O–H groups in total. The Morgan fingerprint density at radius 2 is 2.24 bits per heavy atom. The van der Waals surface area contributed by atoms with Gasteiger partial charge in [-0.25, -0.2) is 5.48 Å². The lowest BCUT2D eigenvalue weighted by atomic mass is 10.1. The van der Waals surface area contributed by atoms with Crippen LogP contribution in [0.25, 0.3) is 0 Å². The smallest absolute Gasteiger partial charge is 0.248 e. The number of carbonyl (C=O) groups is 2. The summed E-state index contributed by atoms with van der Waals surface area (Å²) in [6.07, 6.45) is 0.262. The highest BCUT2D eigenvalue weighted by molar-refractivity contribution is 5.88. The number of methoxy groups -OCH3 is 1. The number of hydrogen-bond donors (Lipinski definition) is 1. The number of hydroxylamine groups is 1. The summed E-state index contributed by atoms with van der Waals surface area (Å²) in [6.45, 7) is 5.06. The number of rotatable bonds is 6. The molecule has 0 aliphatic carbocycles. The number of hydrogen-bond acceptors (Lipinski definition) is 4. The van der Waals surface area contributed by atoms with Gasteiger partial charge in [-0.15, -0.1) is 0 Å². The van der Waals surface area contributed by atoms with Gasteiger partial charge in [-0.2, -0.15) is 0 Å². The molecule has 2 amide bonds. The van der Waals surface area contributed by atoms with Crippen LogP contribution >= 0.6 is 0 Å². The van der Waals surface area contributed by atoms with Gasteiger partial charge in [0.1, 0.15) is 0 Å². The molecule has 98 valence electrons. The highest BCUT2D eigenvalue weighted by Crippen LogP contribution is 2.19. The zero-order valence-corrected chi connectivity index (χ0v) is 10.6. The van der Waals surface area contributed by atoms with E-state index < -0.39 is 0 Å². The van der Waals surface area contributed by atoms with Gasteiger partial charge < -0.3 is 9.64 Å². The minimum Gasteiger partial charge on any atom is -0.382 e. The molecule has 0 aromatic carbocycles. The molecule has 6 heteroatoms. The number of nitrogens with one attached hydrogen (secondary N) is 1. The van der Waals surface area contributed by atoms with Gasteiger partial charge >= 0.3 is 0 Å². The van der Waals surface area contributed by atoms with Crippen molar-refractivity contribution >= 4 is 11.8 Å². The Kier molecular flexibility index (Phi) is 5.37. The lowest BCUT2D eigenvalue weighted by Gasteiger charge is -2.20. The van der Waals surface area contributed by atoms with Crippen molar-refractivity contribution in [2.75, 3.05) is 26.9 Å². The second kappa shape index (κ2) is 6.56. The third-order valence-corrected chi connectivity index (χ3v) is 2.71. The molecule has 0 aromatic heterocycles. The fourth-order valence-corrected chi connectivity index (χ4v) is 1.74. The van der Waals surface area contributed by atoms with Gasteiger partial charge in [0.25, 0.3) is 0 Å². The molecule has 1 unspecified atom stereocenters. The molecule has 17 heavy (non-hydrogen) atoms. The van der Waals surface area contributed by atoms with Crippen LogP contribution in [0.2, 0.25) is 0 Å². The van der Waals surface area contributed by atoms with E-state index in [9.17, 15) is 9.59 Å². The van der Waals surface area contributed by atoms with Crippen LogP contribution in [-0.4, -0.2) is 49.6 Å². The van der Waals surface area contributed by atoms with Crippen molar-refractivity contribution < 1.29 is 19.2 Å². The van der Waals surface area contributed by atoms with Crippen molar-refractivity contribution in [2.45, 2.75) is 26.3 Å². The largest absolute Gasteiger partial charge is 0.382 e. The van der Waals surface area contributed by atoms with Gasteiger partial charge in [-0.1, -0.05) is 0 Å². The maximum Gasteiger partial charge on any atom is 0.248 e. The summed E-state index contributed by atoms with van der Waals surface area (Å²) in [7, 11) is 1.56. The number of ether oxygens (including phenoxy) is 1. The van der Waals surface area contributed by atoms with Crippen LogP contribution in [0.1, 0.15) is 20.3 Å². The summed E-state index contributed by atoms with van der Waals surface area (Å²) in [5.41, 5.74) is 2.34. The summed E-state index contributed by atoms with van der Waals surface area (Å²) in [4.78, 5) is 29.9.